The van der Waals surface area contributed by atoms with Gasteiger partial charge in [-0.15, -0.1) is 0 Å². The maximum absolute atomic E-state index is 6.08. The molecular weight excluding hydrogens is 238 g/mol. The lowest BCUT2D eigenvalue weighted by Crippen LogP contribution is -2.29. The molecule has 4 nitrogen and oxygen atoms in total. The van der Waals surface area contributed by atoms with Crippen LogP contribution in [0.5, 0.6) is 5.75 Å². The third kappa shape index (κ3) is 4.99. The Labute approximate surface area is 116 Å². The Morgan fingerprint density at radius 1 is 1.21 bits per heavy atom. The van der Waals surface area contributed by atoms with Crippen LogP contribution in [0.3, 0.4) is 0 Å². The molecule has 0 atom stereocenters. The highest BCUT2D eigenvalue weighted by Gasteiger charge is 2.06. The number of hydrogen-bond donors (Lipinski definition) is 2. The Kier molecular flexibility index (Phi) is 7.11. The Morgan fingerprint density at radius 3 is 2.63 bits per heavy atom. The Bertz CT molecular complexity index is 368. The van der Waals surface area contributed by atoms with Gasteiger partial charge in [0.1, 0.15) is 5.75 Å². The monoisotopic (exact) mass is 265 g/mol. The SMILES string of the molecule is CCCN(CC)CCNc1cccc(OCC)c1N. The summed E-state index contributed by atoms with van der Waals surface area (Å²) in [5.74, 6) is 0.758. The van der Waals surface area contributed by atoms with Gasteiger partial charge in [0.15, 0.2) is 0 Å². The predicted molar refractivity (Wildman–Crippen MR) is 82.9 cm³/mol. The number of benzene rings is 1. The molecular formula is C15H27N3O. The zero-order valence-electron chi connectivity index (χ0n) is 12.4. The van der Waals surface area contributed by atoms with E-state index in [4.69, 9.17) is 10.5 Å². The molecule has 1 aromatic carbocycles. The van der Waals surface area contributed by atoms with Crippen molar-refractivity contribution in [2.75, 3.05) is 43.8 Å². The third-order valence-electron chi connectivity index (χ3n) is 3.10. The lowest BCUT2D eigenvalue weighted by molar-refractivity contribution is 0.300. The molecule has 4 heteroatoms. The van der Waals surface area contributed by atoms with E-state index in [0.29, 0.717) is 12.3 Å². The highest BCUT2D eigenvalue weighted by Crippen LogP contribution is 2.29. The minimum Gasteiger partial charge on any atom is -0.492 e. The van der Waals surface area contributed by atoms with E-state index >= 15 is 0 Å². The first-order chi connectivity index (χ1) is 9.22. The molecule has 0 spiro atoms. The molecule has 108 valence electrons. The minimum atomic E-state index is 0.633. The Hall–Kier alpha value is -1.42. The zero-order chi connectivity index (χ0) is 14.1. The van der Waals surface area contributed by atoms with Crippen LogP contribution in [-0.2, 0) is 0 Å². The average molecular weight is 265 g/mol. The molecule has 0 saturated carbocycles. The van der Waals surface area contributed by atoms with E-state index in [-0.39, 0.29) is 0 Å². The van der Waals surface area contributed by atoms with Gasteiger partial charge in [-0.25, -0.2) is 0 Å². The van der Waals surface area contributed by atoms with E-state index in [1.54, 1.807) is 0 Å². The summed E-state index contributed by atoms with van der Waals surface area (Å²) >= 11 is 0. The largest absolute Gasteiger partial charge is 0.492 e. The highest BCUT2D eigenvalue weighted by atomic mass is 16.5. The number of nitrogens with zero attached hydrogens (tertiary/aromatic N) is 1. The lowest BCUT2D eigenvalue weighted by atomic mass is 10.2. The number of nitrogens with two attached hydrogens (primary N) is 1. The maximum atomic E-state index is 6.08. The quantitative estimate of drug-likeness (QED) is 0.674. The fourth-order valence-electron chi connectivity index (χ4n) is 2.07. The number of anilines is 2. The first-order valence-corrected chi connectivity index (χ1v) is 7.20. The van der Waals surface area contributed by atoms with Crippen LogP contribution in [0.2, 0.25) is 0 Å². The summed E-state index contributed by atoms with van der Waals surface area (Å²) in [4.78, 5) is 2.43. The van der Waals surface area contributed by atoms with E-state index in [1.165, 1.54) is 6.42 Å². The van der Waals surface area contributed by atoms with Crippen LogP contribution in [-0.4, -0.2) is 37.7 Å². The van der Waals surface area contributed by atoms with Gasteiger partial charge in [-0.3, -0.25) is 0 Å². The van der Waals surface area contributed by atoms with Crippen LogP contribution in [0.1, 0.15) is 27.2 Å². The molecule has 0 aromatic heterocycles. The van der Waals surface area contributed by atoms with Crippen LogP contribution in [0.15, 0.2) is 18.2 Å². The lowest BCUT2D eigenvalue weighted by Gasteiger charge is -2.20. The van der Waals surface area contributed by atoms with E-state index in [1.807, 2.05) is 25.1 Å². The van der Waals surface area contributed by atoms with Gasteiger partial charge >= 0.3 is 0 Å². The summed E-state index contributed by atoms with van der Waals surface area (Å²) in [6.07, 6.45) is 1.19. The van der Waals surface area contributed by atoms with E-state index < -0.39 is 0 Å². The van der Waals surface area contributed by atoms with Gasteiger partial charge in [-0.05, 0) is 38.6 Å². The van der Waals surface area contributed by atoms with Gasteiger partial charge < -0.3 is 20.7 Å². The molecule has 0 heterocycles. The molecule has 0 bridgehead atoms. The zero-order valence-corrected chi connectivity index (χ0v) is 12.4. The topological polar surface area (TPSA) is 50.5 Å². The number of nitrogens with one attached hydrogen (secondary N) is 1. The Balaban J connectivity index is 2.51. The number of nitrogen functional groups attached to an aromatic ring is 1. The summed E-state index contributed by atoms with van der Waals surface area (Å²) in [6, 6.07) is 5.86. The average Bonchev–Trinajstić information content (AvgIpc) is 2.42. The van der Waals surface area contributed by atoms with Crippen LogP contribution in [0.4, 0.5) is 11.4 Å². The van der Waals surface area contributed by atoms with Crippen molar-refractivity contribution in [2.24, 2.45) is 0 Å². The number of hydrogen-bond acceptors (Lipinski definition) is 4. The van der Waals surface area contributed by atoms with Gasteiger partial charge in [-0.2, -0.15) is 0 Å². The van der Waals surface area contributed by atoms with E-state index in [9.17, 15) is 0 Å². The molecule has 0 aliphatic rings. The van der Waals surface area contributed by atoms with Crippen molar-refractivity contribution in [2.45, 2.75) is 27.2 Å². The second-order valence-corrected chi connectivity index (χ2v) is 4.51. The summed E-state index contributed by atoms with van der Waals surface area (Å²) in [5.41, 5.74) is 7.73. The molecule has 0 radical (unpaired) electrons. The van der Waals surface area contributed by atoms with Gasteiger partial charge in [-0.1, -0.05) is 19.9 Å². The highest BCUT2D eigenvalue weighted by molar-refractivity contribution is 5.72. The molecule has 1 rings (SSSR count). The molecule has 0 aliphatic heterocycles. The van der Waals surface area contributed by atoms with Gasteiger partial charge in [0.25, 0.3) is 0 Å². The summed E-state index contributed by atoms with van der Waals surface area (Å²) < 4.78 is 5.49. The van der Waals surface area contributed by atoms with Crippen LogP contribution >= 0.6 is 0 Å². The fourth-order valence-corrected chi connectivity index (χ4v) is 2.07. The van der Waals surface area contributed by atoms with Crippen molar-refractivity contribution in [1.82, 2.24) is 4.90 Å². The summed E-state index contributed by atoms with van der Waals surface area (Å²) in [7, 11) is 0. The van der Waals surface area contributed by atoms with E-state index in [0.717, 1.165) is 37.6 Å². The first-order valence-electron chi connectivity index (χ1n) is 7.20. The normalized spacial score (nSPS) is 10.7. The fraction of sp³-hybridized carbons (Fsp3) is 0.600. The number of likely N-dealkylation sites (N-methyl/N-ethyl adjacent to an activating group) is 1. The van der Waals surface area contributed by atoms with Crippen LogP contribution in [0.25, 0.3) is 0 Å². The van der Waals surface area contributed by atoms with Crippen molar-refractivity contribution in [1.29, 1.82) is 0 Å². The predicted octanol–water partition coefficient (Wildman–Crippen LogP) is 2.81. The summed E-state index contributed by atoms with van der Waals surface area (Å²) in [5, 5.41) is 3.39. The third-order valence-corrected chi connectivity index (χ3v) is 3.10. The standard InChI is InChI=1S/C15H27N3O/c1-4-11-18(5-2)12-10-17-13-8-7-9-14(15(13)16)19-6-3/h7-9,17H,4-6,10-12,16H2,1-3H3. The molecule has 0 unspecified atom stereocenters. The second-order valence-electron chi connectivity index (χ2n) is 4.51. The van der Waals surface area contributed by atoms with Gasteiger partial charge in [0, 0.05) is 13.1 Å². The summed E-state index contributed by atoms with van der Waals surface area (Å²) in [6.45, 7) is 11.2. The van der Waals surface area contributed by atoms with Crippen molar-refractivity contribution in [3.8, 4) is 5.75 Å². The Morgan fingerprint density at radius 2 is 2.00 bits per heavy atom. The molecule has 0 aliphatic carbocycles. The molecule has 1 aromatic rings. The van der Waals surface area contributed by atoms with Gasteiger partial charge in [0.2, 0.25) is 0 Å². The number of para-hydroxylation sites is 1. The van der Waals surface area contributed by atoms with Crippen molar-refractivity contribution >= 4 is 11.4 Å². The smallest absolute Gasteiger partial charge is 0.144 e. The van der Waals surface area contributed by atoms with Gasteiger partial charge in [0.05, 0.1) is 18.0 Å². The van der Waals surface area contributed by atoms with Crippen molar-refractivity contribution in [3.63, 3.8) is 0 Å². The van der Waals surface area contributed by atoms with E-state index in [2.05, 4.69) is 24.1 Å². The maximum Gasteiger partial charge on any atom is 0.144 e. The molecule has 3 N–H and O–H groups in total. The number of rotatable bonds is 9. The number of ether oxygens (including phenoxy) is 1. The minimum absolute atomic E-state index is 0.633. The molecule has 0 saturated heterocycles. The van der Waals surface area contributed by atoms with Crippen LogP contribution in [0, 0.1) is 0 Å². The second kappa shape index (κ2) is 8.64. The van der Waals surface area contributed by atoms with Crippen molar-refractivity contribution in [3.05, 3.63) is 18.2 Å². The van der Waals surface area contributed by atoms with Crippen molar-refractivity contribution < 1.29 is 4.74 Å². The molecule has 0 amide bonds. The first kappa shape index (κ1) is 15.6. The molecule has 19 heavy (non-hydrogen) atoms. The van der Waals surface area contributed by atoms with Crippen LogP contribution < -0.4 is 15.8 Å². The molecule has 0 fully saturated rings.